The van der Waals surface area contributed by atoms with E-state index >= 15 is 0 Å². The first-order valence-electron chi connectivity index (χ1n) is 45.5. The highest BCUT2D eigenvalue weighted by Gasteiger charge is 2.50. The van der Waals surface area contributed by atoms with Gasteiger partial charge in [-0.05, 0) is 198 Å². The lowest BCUT2D eigenvalue weighted by atomic mass is 9.33. The van der Waals surface area contributed by atoms with Gasteiger partial charge >= 0.3 is 0 Å². The summed E-state index contributed by atoms with van der Waals surface area (Å²) in [5, 5.41) is 2.30. The van der Waals surface area contributed by atoms with Crippen molar-refractivity contribution in [2.45, 2.75) is 136 Å². The maximum absolute atomic E-state index is 10.2. The number of nitrogens with zero attached hydrogens (tertiary/aromatic N) is 3. The van der Waals surface area contributed by atoms with Gasteiger partial charge in [-0.1, -0.05) is 383 Å². The van der Waals surface area contributed by atoms with E-state index in [1.807, 2.05) is 42.5 Å². The molecule has 0 atom stereocenters. The lowest BCUT2D eigenvalue weighted by Gasteiger charge is -2.46. The molecular formula is C111H100BN3. The zero-order valence-corrected chi connectivity index (χ0v) is 68.4. The van der Waals surface area contributed by atoms with Crippen molar-refractivity contribution in [3.63, 3.8) is 0 Å². The van der Waals surface area contributed by atoms with Gasteiger partial charge in [-0.2, -0.15) is 0 Å². The van der Waals surface area contributed by atoms with Crippen LogP contribution in [0.3, 0.4) is 0 Å². The molecule has 0 fully saturated rings. The van der Waals surface area contributed by atoms with Crippen LogP contribution in [0.4, 0.5) is 34.1 Å². The van der Waals surface area contributed by atoms with E-state index in [4.69, 9.17) is 2.74 Å². The van der Waals surface area contributed by atoms with E-state index in [0.29, 0.717) is 33.4 Å². The fourth-order valence-corrected chi connectivity index (χ4v) is 18.5. The topological polar surface area (TPSA) is 11.4 Å². The fraction of sp³-hybridized carbons (Fsp3) is 0.189. The molecule has 0 spiro atoms. The van der Waals surface area contributed by atoms with Gasteiger partial charge in [0.25, 0.3) is 6.71 Å². The van der Waals surface area contributed by atoms with Crippen LogP contribution < -0.4 is 26.2 Å². The lowest BCUT2D eigenvalue weighted by molar-refractivity contribution is 0.569. The Hall–Kier alpha value is -12.2. The molecule has 0 amide bonds. The van der Waals surface area contributed by atoms with E-state index < -0.39 is 72.6 Å². The summed E-state index contributed by atoms with van der Waals surface area (Å²) in [5.74, 6) is 0. The van der Waals surface area contributed by atoms with Crippen LogP contribution in [0.15, 0.2) is 333 Å². The average Bonchev–Trinajstić information content (AvgIpc) is 1.55. The Kier molecular flexibility index (Phi) is 14.6. The van der Waals surface area contributed by atoms with E-state index in [2.05, 4.69) is 349 Å². The first-order valence-corrected chi connectivity index (χ1v) is 40.5. The van der Waals surface area contributed by atoms with Crippen LogP contribution in [-0.4, -0.2) is 11.3 Å². The number of hydrogen-bond donors (Lipinski definition) is 0. The third-order valence-corrected chi connectivity index (χ3v) is 24.5. The maximum atomic E-state index is 10.2. The summed E-state index contributed by atoms with van der Waals surface area (Å²) in [6, 6.07) is 93.3. The predicted molar refractivity (Wildman–Crippen MR) is 493 cm³/mol. The van der Waals surface area contributed by atoms with Gasteiger partial charge in [0.2, 0.25) is 0 Å². The molecule has 1 aromatic heterocycles. The smallest absolute Gasteiger partial charge is 0.252 e. The molecule has 3 aliphatic rings. The number of rotatable bonds is 10. The highest BCUT2D eigenvalue weighted by Crippen LogP contribution is 2.60. The molecule has 1 aliphatic carbocycles. The van der Waals surface area contributed by atoms with Crippen LogP contribution in [0.25, 0.3) is 94.3 Å². The molecule has 3 nitrogen and oxygen atoms in total. The molecule has 0 bridgehead atoms. The summed E-state index contributed by atoms with van der Waals surface area (Å²) in [6.07, 6.45) is 0. The van der Waals surface area contributed by atoms with Crippen molar-refractivity contribution in [1.82, 2.24) is 4.57 Å². The highest BCUT2D eigenvalue weighted by atomic mass is 15.2. The summed E-state index contributed by atoms with van der Waals surface area (Å²) < 4.78 is 99.8. The van der Waals surface area contributed by atoms with E-state index in [9.17, 15) is 11.0 Å². The van der Waals surface area contributed by atoms with E-state index in [0.717, 1.165) is 123 Å². The summed E-state index contributed by atoms with van der Waals surface area (Å²) >= 11 is 0. The van der Waals surface area contributed by atoms with Gasteiger partial charge in [-0.25, -0.2) is 0 Å². The van der Waals surface area contributed by atoms with Crippen molar-refractivity contribution in [1.29, 1.82) is 0 Å². The van der Waals surface area contributed by atoms with Crippen molar-refractivity contribution in [2.24, 2.45) is 0 Å². The monoisotopic (exact) mass is 1500 g/mol. The van der Waals surface area contributed by atoms with E-state index in [1.165, 1.54) is 27.8 Å². The number of hydrogen-bond acceptors (Lipinski definition) is 2. The second kappa shape index (κ2) is 27.0. The van der Waals surface area contributed by atoms with Crippen molar-refractivity contribution in [3.05, 3.63) is 383 Å². The standard InChI is InChI=1S/C111H100BN3/c1-106(2,3)79-54-60-96(92(67-79)73-39-25-18-26-40-73)114-100-70-84(113-98-68-80(107(4,5)6)52-56-89(98)90-57-53-81(69-99(90)113)108(7,8)9)55-58-94(100)112-95-63-74(85-46-33-49-91-88-45-31-32-50-93(88)111(103(85)91,77-41-27-19-28-42-77)78-43-29-20-30-44-78)51-59-97(95)115(105-86(71-35-21-16-22-36-71)47-34-48-87(105)72-37-23-17-24-38-72)102-65-76(64-101(114)104(102)112)75-61-82(109(10,11)12)66-83(62-75)110(13,14)15/h16-70H,1-15H3/i19D,20D,27D,28D,29D,30D,41D,42D,43D,44D. The van der Waals surface area contributed by atoms with Crippen LogP contribution in [0.5, 0.6) is 0 Å². The fourth-order valence-electron chi connectivity index (χ4n) is 18.5. The van der Waals surface area contributed by atoms with Crippen LogP contribution in [0.1, 0.15) is 168 Å². The Morgan fingerprint density at radius 3 is 1.28 bits per heavy atom. The Morgan fingerprint density at radius 2 is 0.739 bits per heavy atom. The molecule has 16 aromatic rings. The first-order chi connectivity index (χ1) is 59.4. The van der Waals surface area contributed by atoms with E-state index in [-0.39, 0.29) is 38.2 Å². The number of anilines is 6. The largest absolute Gasteiger partial charge is 0.311 e. The van der Waals surface area contributed by atoms with Crippen molar-refractivity contribution in [3.8, 4) is 72.4 Å². The minimum atomic E-state index is -2.15. The molecule has 0 N–H and O–H groups in total. The molecule has 3 heterocycles. The zero-order chi connectivity index (χ0) is 88.1. The van der Waals surface area contributed by atoms with Crippen LogP contribution in [0.2, 0.25) is 0 Å². The predicted octanol–water partition coefficient (Wildman–Crippen LogP) is 28.1. The molecule has 2 aliphatic heterocycles. The molecule has 115 heavy (non-hydrogen) atoms. The van der Waals surface area contributed by atoms with Gasteiger partial charge in [0.15, 0.2) is 0 Å². The van der Waals surface area contributed by atoms with Crippen LogP contribution in [-0.2, 0) is 32.5 Å². The van der Waals surface area contributed by atoms with Crippen molar-refractivity contribution in [2.75, 3.05) is 9.80 Å². The van der Waals surface area contributed by atoms with Crippen LogP contribution in [0, 0.1) is 0 Å². The molecule has 562 valence electrons. The Labute approximate surface area is 695 Å². The summed E-state index contributed by atoms with van der Waals surface area (Å²) in [6.45, 7) is 33.8. The molecule has 0 saturated carbocycles. The van der Waals surface area contributed by atoms with Crippen molar-refractivity contribution < 1.29 is 13.7 Å². The lowest BCUT2D eigenvalue weighted by Crippen LogP contribution is -2.61. The molecule has 0 radical (unpaired) electrons. The van der Waals surface area contributed by atoms with Gasteiger partial charge in [-0.3, -0.25) is 0 Å². The molecule has 0 unspecified atom stereocenters. The molecule has 15 aromatic carbocycles. The zero-order valence-electron chi connectivity index (χ0n) is 78.4. The second-order valence-corrected chi connectivity index (χ2v) is 37.0. The number of fused-ring (bicyclic) bond motifs is 10. The van der Waals surface area contributed by atoms with Gasteiger partial charge in [0.1, 0.15) is 0 Å². The minimum absolute atomic E-state index is 0.194. The molecule has 0 saturated heterocycles. The van der Waals surface area contributed by atoms with E-state index in [1.54, 1.807) is 0 Å². The molecule has 4 heteroatoms. The van der Waals surface area contributed by atoms with Crippen molar-refractivity contribution >= 4 is 79.0 Å². The third-order valence-electron chi connectivity index (χ3n) is 24.5. The summed E-state index contributed by atoms with van der Waals surface area (Å²) in [4.78, 5) is 5.12. The summed E-state index contributed by atoms with van der Waals surface area (Å²) in [7, 11) is 0. The molecular weight excluding hydrogens is 1390 g/mol. The minimum Gasteiger partial charge on any atom is -0.311 e. The van der Waals surface area contributed by atoms with Gasteiger partial charge in [-0.15, -0.1) is 0 Å². The quantitative estimate of drug-likeness (QED) is 0.126. The third kappa shape index (κ3) is 12.1. The van der Waals surface area contributed by atoms with Gasteiger partial charge in [0, 0.05) is 55.9 Å². The summed E-state index contributed by atoms with van der Waals surface area (Å²) in [5.41, 5.74) is 25.5. The SMILES string of the molecule is [2H]c1c([2H])c([2H])c(C2(c3c([2H])c([2H])c([2H])c([2H])c3[2H])c3ccccc3-c3cccc(-c4ccc5c(c4)B4c6ccc(-n7c8cc(C(C)(C)C)ccc8c8ccc(C(C)(C)C)cc87)cc6N(c6ccc(C(C)(C)C)cc6-c6ccccc6)c6cc(-c7cc(C(C)(C)C)cc(C(C)(C)C)c7)cc(c64)N5c4c(-c5ccccc5)cccc4-c4ccccc4)c32)c([2H])c1[2H]. The normalized spacial score (nSPS) is 14.9. The molecule has 19 rings (SSSR count). The van der Waals surface area contributed by atoms with Crippen LogP contribution >= 0.6 is 0 Å². The van der Waals surface area contributed by atoms with Gasteiger partial charge < -0.3 is 14.4 Å². The number of para-hydroxylation sites is 1. The second-order valence-electron chi connectivity index (χ2n) is 37.0. The Bertz CT molecular complexity index is 6910. The number of benzene rings is 15. The average molecular weight is 1500 g/mol. The highest BCUT2D eigenvalue weighted by molar-refractivity contribution is 7.00. The Balaban J connectivity index is 1.02. The number of aromatic nitrogens is 1. The van der Waals surface area contributed by atoms with Gasteiger partial charge in [0.05, 0.1) is 41.5 Å². The Morgan fingerprint density at radius 1 is 0.287 bits per heavy atom. The first kappa shape index (κ1) is 62.2. The maximum Gasteiger partial charge on any atom is 0.252 e.